The first-order chi connectivity index (χ1) is 7.15. The Balaban J connectivity index is 2.57. The summed E-state index contributed by atoms with van der Waals surface area (Å²) in [4.78, 5) is 0. The van der Waals surface area contributed by atoms with Gasteiger partial charge in [0.25, 0.3) is 0 Å². The van der Waals surface area contributed by atoms with Crippen molar-refractivity contribution in [1.82, 2.24) is 0 Å². The molecule has 3 heteroatoms. The highest BCUT2D eigenvalue weighted by Gasteiger charge is 2.09. The Hall–Kier alpha value is -0.930. The second-order valence-corrected chi connectivity index (χ2v) is 3.60. The quantitative estimate of drug-likeness (QED) is 0.760. The summed E-state index contributed by atoms with van der Waals surface area (Å²) >= 11 is 0. The lowest BCUT2D eigenvalue weighted by Gasteiger charge is -2.11. The van der Waals surface area contributed by atoms with Crippen molar-refractivity contribution in [1.29, 1.82) is 0 Å². The van der Waals surface area contributed by atoms with E-state index in [0.29, 0.717) is 17.7 Å². The van der Waals surface area contributed by atoms with E-state index in [2.05, 4.69) is 0 Å². The molecule has 0 aromatic heterocycles. The van der Waals surface area contributed by atoms with Crippen LogP contribution in [0.5, 0.6) is 0 Å². The summed E-state index contributed by atoms with van der Waals surface area (Å²) in [5, 5.41) is 9.67. The first-order valence-corrected chi connectivity index (χ1v) is 5.17. The number of aryl methyl sites for hydroxylation is 1. The Morgan fingerprint density at radius 1 is 1.47 bits per heavy atom. The second kappa shape index (κ2) is 5.83. The third-order valence-electron chi connectivity index (χ3n) is 2.20. The van der Waals surface area contributed by atoms with E-state index in [9.17, 15) is 9.50 Å². The van der Waals surface area contributed by atoms with Gasteiger partial charge in [-0.05, 0) is 30.5 Å². The van der Waals surface area contributed by atoms with Gasteiger partial charge < -0.3 is 9.84 Å². The number of halogens is 1. The fraction of sp³-hybridized carbons (Fsp3) is 0.500. The number of aliphatic hydroxyl groups excluding tert-OH is 1. The van der Waals surface area contributed by atoms with Crippen LogP contribution in [0.25, 0.3) is 0 Å². The molecule has 2 nitrogen and oxygen atoms in total. The molecule has 0 aliphatic heterocycles. The third kappa shape index (κ3) is 3.61. The summed E-state index contributed by atoms with van der Waals surface area (Å²) in [6.45, 7) is 4.53. The monoisotopic (exact) mass is 212 g/mol. The van der Waals surface area contributed by atoms with Gasteiger partial charge in [0.15, 0.2) is 0 Å². The van der Waals surface area contributed by atoms with Crippen molar-refractivity contribution in [2.45, 2.75) is 26.4 Å². The van der Waals surface area contributed by atoms with Gasteiger partial charge in [-0.25, -0.2) is 4.39 Å². The molecule has 0 aliphatic carbocycles. The highest BCUT2D eigenvalue weighted by atomic mass is 19.1. The lowest BCUT2D eigenvalue weighted by Crippen LogP contribution is -2.08. The van der Waals surface area contributed by atoms with Crippen molar-refractivity contribution < 1.29 is 14.2 Å². The lowest BCUT2D eigenvalue weighted by molar-refractivity contribution is 0.0362. The zero-order valence-corrected chi connectivity index (χ0v) is 9.16. The minimum Gasteiger partial charge on any atom is -0.386 e. The van der Waals surface area contributed by atoms with E-state index in [-0.39, 0.29) is 12.4 Å². The van der Waals surface area contributed by atoms with Crippen LogP contribution in [0.3, 0.4) is 0 Å². The standard InChI is InChI=1S/C12H17FO2/c1-3-6-15-8-12(14)10-5-4-9(2)11(13)7-10/h4-5,7,12,14H,3,6,8H2,1-2H3. The Morgan fingerprint density at radius 3 is 2.80 bits per heavy atom. The lowest BCUT2D eigenvalue weighted by atomic mass is 10.1. The molecule has 0 aliphatic rings. The molecule has 0 saturated heterocycles. The summed E-state index contributed by atoms with van der Waals surface area (Å²) in [6.07, 6.45) is 0.168. The van der Waals surface area contributed by atoms with Gasteiger partial charge in [0.2, 0.25) is 0 Å². The van der Waals surface area contributed by atoms with Crippen LogP contribution < -0.4 is 0 Å². The summed E-state index contributed by atoms with van der Waals surface area (Å²) in [7, 11) is 0. The van der Waals surface area contributed by atoms with Gasteiger partial charge in [-0.15, -0.1) is 0 Å². The van der Waals surface area contributed by atoms with Crippen LogP contribution in [0, 0.1) is 12.7 Å². The maximum atomic E-state index is 13.2. The van der Waals surface area contributed by atoms with Crippen LogP contribution in [0.1, 0.15) is 30.6 Å². The van der Waals surface area contributed by atoms with E-state index in [0.717, 1.165) is 6.42 Å². The van der Waals surface area contributed by atoms with E-state index >= 15 is 0 Å². The molecule has 1 aromatic rings. The van der Waals surface area contributed by atoms with Crippen molar-refractivity contribution in [3.05, 3.63) is 35.1 Å². The van der Waals surface area contributed by atoms with Gasteiger partial charge in [-0.3, -0.25) is 0 Å². The molecule has 0 amide bonds. The van der Waals surface area contributed by atoms with Gasteiger partial charge >= 0.3 is 0 Å². The fourth-order valence-electron chi connectivity index (χ4n) is 1.25. The molecule has 0 saturated carbocycles. The van der Waals surface area contributed by atoms with Crippen molar-refractivity contribution in [3.63, 3.8) is 0 Å². The molecule has 84 valence electrons. The highest BCUT2D eigenvalue weighted by molar-refractivity contribution is 5.24. The van der Waals surface area contributed by atoms with Crippen LogP contribution in [0.15, 0.2) is 18.2 Å². The van der Waals surface area contributed by atoms with Crippen LogP contribution in [-0.2, 0) is 4.74 Å². The molecule has 1 atom stereocenters. The Labute approximate surface area is 89.7 Å². The molecule has 1 aromatic carbocycles. The first kappa shape index (κ1) is 12.1. The number of hydrogen-bond donors (Lipinski definition) is 1. The van der Waals surface area contributed by atoms with E-state index in [1.54, 1.807) is 19.1 Å². The van der Waals surface area contributed by atoms with Gasteiger partial charge in [-0.2, -0.15) is 0 Å². The number of aliphatic hydroxyl groups is 1. The summed E-state index contributed by atoms with van der Waals surface area (Å²) in [6, 6.07) is 4.74. The molecule has 15 heavy (non-hydrogen) atoms. The highest BCUT2D eigenvalue weighted by Crippen LogP contribution is 2.16. The van der Waals surface area contributed by atoms with E-state index in [1.807, 2.05) is 6.92 Å². The largest absolute Gasteiger partial charge is 0.386 e. The Morgan fingerprint density at radius 2 is 2.20 bits per heavy atom. The Kier molecular flexibility index (Phi) is 4.72. The van der Waals surface area contributed by atoms with E-state index < -0.39 is 6.10 Å². The smallest absolute Gasteiger partial charge is 0.126 e. The molecule has 0 spiro atoms. The predicted molar refractivity (Wildman–Crippen MR) is 57.2 cm³/mol. The maximum absolute atomic E-state index is 13.2. The molecule has 1 unspecified atom stereocenters. The normalized spacial score (nSPS) is 12.8. The molecular weight excluding hydrogens is 195 g/mol. The summed E-state index contributed by atoms with van der Waals surface area (Å²) in [5.74, 6) is -0.290. The van der Waals surface area contributed by atoms with Crippen LogP contribution in [-0.4, -0.2) is 18.3 Å². The summed E-state index contributed by atoms with van der Waals surface area (Å²) in [5.41, 5.74) is 1.15. The zero-order valence-electron chi connectivity index (χ0n) is 9.16. The number of rotatable bonds is 5. The van der Waals surface area contributed by atoms with Crippen molar-refractivity contribution in [2.75, 3.05) is 13.2 Å². The molecule has 1 rings (SSSR count). The third-order valence-corrected chi connectivity index (χ3v) is 2.20. The molecule has 0 bridgehead atoms. The number of benzene rings is 1. The fourth-order valence-corrected chi connectivity index (χ4v) is 1.25. The number of hydrogen-bond acceptors (Lipinski definition) is 2. The average Bonchev–Trinajstić information content (AvgIpc) is 2.22. The van der Waals surface area contributed by atoms with Gasteiger partial charge in [-0.1, -0.05) is 19.1 Å². The topological polar surface area (TPSA) is 29.5 Å². The van der Waals surface area contributed by atoms with Crippen molar-refractivity contribution in [3.8, 4) is 0 Å². The first-order valence-electron chi connectivity index (χ1n) is 5.17. The van der Waals surface area contributed by atoms with E-state index in [4.69, 9.17) is 4.74 Å². The average molecular weight is 212 g/mol. The van der Waals surface area contributed by atoms with Gasteiger partial charge in [0, 0.05) is 6.61 Å². The van der Waals surface area contributed by atoms with Crippen molar-refractivity contribution >= 4 is 0 Å². The molecule has 1 N–H and O–H groups in total. The molecule has 0 fully saturated rings. The van der Waals surface area contributed by atoms with Gasteiger partial charge in [0.05, 0.1) is 6.61 Å². The van der Waals surface area contributed by atoms with Crippen LogP contribution in [0.2, 0.25) is 0 Å². The van der Waals surface area contributed by atoms with Crippen LogP contribution in [0.4, 0.5) is 4.39 Å². The maximum Gasteiger partial charge on any atom is 0.126 e. The zero-order chi connectivity index (χ0) is 11.3. The van der Waals surface area contributed by atoms with Crippen LogP contribution >= 0.6 is 0 Å². The molecular formula is C12H17FO2. The van der Waals surface area contributed by atoms with Crippen molar-refractivity contribution in [2.24, 2.45) is 0 Å². The Bertz CT molecular complexity index is 312. The van der Waals surface area contributed by atoms with Gasteiger partial charge in [0.1, 0.15) is 11.9 Å². The molecule has 0 radical (unpaired) electrons. The summed E-state index contributed by atoms with van der Waals surface area (Å²) < 4.78 is 18.4. The minimum atomic E-state index is -0.744. The molecule has 0 heterocycles. The predicted octanol–water partition coefficient (Wildman–Crippen LogP) is 2.59. The SMILES string of the molecule is CCCOCC(O)c1ccc(C)c(F)c1. The minimum absolute atomic E-state index is 0.219. The second-order valence-electron chi connectivity index (χ2n) is 3.60. The number of ether oxygens (including phenoxy) is 1. The van der Waals surface area contributed by atoms with E-state index in [1.165, 1.54) is 6.07 Å².